The van der Waals surface area contributed by atoms with Crippen LogP contribution in [0.2, 0.25) is 0 Å². The lowest BCUT2D eigenvalue weighted by Crippen LogP contribution is -2.37. The van der Waals surface area contributed by atoms with Crippen molar-refractivity contribution in [1.29, 1.82) is 0 Å². The van der Waals surface area contributed by atoms with Crippen molar-refractivity contribution in [3.05, 3.63) is 0 Å². The summed E-state index contributed by atoms with van der Waals surface area (Å²) in [6.45, 7) is 13.9. The molecule has 0 heterocycles. The van der Waals surface area contributed by atoms with E-state index in [1.165, 1.54) is 193 Å². The van der Waals surface area contributed by atoms with E-state index in [0.29, 0.717) is 0 Å². The fourth-order valence-electron chi connectivity index (χ4n) is 6.34. The quantitative estimate of drug-likeness (QED) is 0.0757. The summed E-state index contributed by atoms with van der Waals surface area (Å²) in [6, 6.07) is 0. The highest BCUT2D eigenvalue weighted by molar-refractivity contribution is 4.77. The minimum absolute atomic E-state index is 0.0105. The molecule has 0 fully saturated rings. The smallest absolute Gasteiger partial charge is 0.0633 e. The number of ether oxygens (including phenoxy) is 1. The third kappa shape index (κ3) is 30.7. The standard InChI is InChI=1S/C38H78O/c1-7-9-11-13-15-17-19-21-23-25-27-29-31-33-35-37(3,4)39-38(5,6)36-34-32-30-28-26-24-22-20-18-16-14-12-10-8-2/h7-36H2,1-6H3. The molecule has 236 valence electrons. The summed E-state index contributed by atoms with van der Waals surface area (Å²) in [5.41, 5.74) is 0.0211. The van der Waals surface area contributed by atoms with Crippen molar-refractivity contribution in [1.82, 2.24) is 0 Å². The van der Waals surface area contributed by atoms with Gasteiger partial charge in [0, 0.05) is 0 Å². The Morgan fingerprint density at radius 1 is 0.282 bits per heavy atom. The molecule has 0 spiro atoms. The van der Waals surface area contributed by atoms with Crippen LogP contribution >= 0.6 is 0 Å². The van der Waals surface area contributed by atoms with Crippen LogP contribution in [0.1, 0.15) is 234 Å². The average Bonchev–Trinajstić information content (AvgIpc) is 2.88. The fourth-order valence-corrected chi connectivity index (χ4v) is 6.34. The first-order chi connectivity index (χ1) is 18.8. The number of unbranched alkanes of at least 4 members (excludes halogenated alkanes) is 26. The molecule has 0 bridgehead atoms. The van der Waals surface area contributed by atoms with Crippen molar-refractivity contribution in [3.63, 3.8) is 0 Å². The molecule has 0 N–H and O–H groups in total. The molecule has 0 atom stereocenters. The summed E-state index contributed by atoms with van der Waals surface area (Å²) in [6.07, 6.45) is 42.4. The summed E-state index contributed by atoms with van der Waals surface area (Å²) in [5, 5.41) is 0. The minimum Gasteiger partial charge on any atom is -0.370 e. The van der Waals surface area contributed by atoms with Crippen molar-refractivity contribution in [3.8, 4) is 0 Å². The normalized spacial score (nSPS) is 12.5. The van der Waals surface area contributed by atoms with Crippen molar-refractivity contribution < 1.29 is 4.74 Å². The Kier molecular flexibility index (Phi) is 28.1. The molecule has 0 amide bonds. The van der Waals surface area contributed by atoms with Gasteiger partial charge in [-0.05, 0) is 40.5 Å². The van der Waals surface area contributed by atoms with Gasteiger partial charge in [0.15, 0.2) is 0 Å². The Morgan fingerprint density at radius 2 is 0.462 bits per heavy atom. The van der Waals surface area contributed by atoms with Crippen LogP contribution in [-0.4, -0.2) is 11.2 Å². The number of hydrogen-bond acceptors (Lipinski definition) is 1. The summed E-state index contributed by atoms with van der Waals surface area (Å²) in [4.78, 5) is 0. The fraction of sp³-hybridized carbons (Fsp3) is 1.00. The second-order valence-electron chi connectivity index (χ2n) is 14.3. The van der Waals surface area contributed by atoms with Crippen LogP contribution in [0, 0.1) is 0 Å². The maximum atomic E-state index is 6.65. The molecule has 0 unspecified atom stereocenters. The lowest BCUT2D eigenvalue weighted by Gasteiger charge is -2.36. The molecule has 0 aromatic carbocycles. The van der Waals surface area contributed by atoms with E-state index in [1.54, 1.807) is 0 Å². The Balaban J connectivity index is 3.55. The summed E-state index contributed by atoms with van der Waals surface area (Å²) >= 11 is 0. The first-order valence-electron chi connectivity index (χ1n) is 18.5. The van der Waals surface area contributed by atoms with E-state index < -0.39 is 0 Å². The van der Waals surface area contributed by atoms with Gasteiger partial charge in [0.2, 0.25) is 0 Å². The van der Waals surface area contributed by atoms with E-state index in [1.807, 2.05) is 0 Å². The zero-order valence-corrected chi connectivity index (χ0v) is 28.6. The van der Waals surface area contributed by atoms with Gasteiger partial charge in [-0.1, -0.05) is 194 Å². The minimum atomic E-state index is 0.0105. The van der Waals surface area contributed by atoms with Gasteiger partial charge in [0.25, 0.3) is 0 Å². The van der Waals surface area contributed by atoms with Crippen molar-refractivity contribution in [2.75, 3.05) is 0 Å². The van der Waals surface area contributed by atoms with Crippen LogP contribution in [0.3, 0.4) is 0 Å². The summed E-state index contributed by atoms with van der Waals surface area (Å²) < 4.78 is 6.65. The third-order valence-electron chi connectivity index (χ3n) is 8.82. The molecule has 0 aromatic heterocycles. The van der Waals surface area contributed by atoms with Crippen molar-refractivity contribution in [2.24, 2.45) is 0 Å². The highest BCUT2D eigenvalue weighted by Crippen LogP contribution is 2.29. The Hall–Kier alpha value is -0.0400. The highest BCUT2D eigenvalue weighted by Gasteiger charge is 2.28. The molecule has 0 aliphatic heterocycles. The van der Waals surface area contributed by atoms with Gasteiger partial charge < -0.3 is 4.74 Å². The lowest BCUT2D eigenvalue weighted by atomic mass is 9.94. The predicted octanol–water partition coefficient (Wildman–Crippen LogP) is 14.3. The van der Waals surface area contributed by atoms with Crippen molar-refractivity contribution >= 4 is 0 Å². The van der Waals surface area contributed by atoms with Gasteiger partial charge in [-0.25, -0.2) is 0 Å². The summed E-state index contributed by atoms with van der Waals surface area (Å²) in [7, 11) is 0. The summed E-state index contributed by atoms with van der Waals surface area (Å²) in [5.74, 6) is 0. The predicted molar refractivity (Wildman–Crippen MR) is 179 cm³/mol. The third-order valence-corrected chi connectivity index (χ3v) is 8.82. The molecule has 1 heteroatoms. The molecule has 0 aliphatic rings. The van der Waals surface area contributed by atoms with E-state index in [-0.39, 0.29) is 11.2 Å². The molecule has 0 aliphatic carbocycles. The van der Waals surface area contributed by atoms with Crippen LogP contribution in [0.25, 0.3) is 0 Å². The Morgan fingerprint density at radius 3 is 0.667 bits per heavy atom. The second kappa shape index (κ2) is 28.1. The lowest BCUT2D eigenvalue weighted by molar-refractivity contribution is -0.130. The molecular weight excluding hydrogens is 472 g/mol. The zero-order valence-electron chi connectivity index (χ0n) is 28.6. The van der Waals surface area contributed by atoms with Crippen LogP contribution in [0.5, 0.6) is 0 Å². The van der Waals surface area contributed by atoms with Crippen LogP contribution in [0.4, 0.5) is 0 Å². The molecule has 1 nitrogen and oxygen atoms in total. The first-order valence-corrected chi connectivity index (χ1v) is 18.5. The molecular formula is C38H78O. The van der Waals surface area contributed by atoms with E-state index >= 15 is 0 Å². The van der Waals surface area contributed by atoms with Gasteiger partial charge >= 0.3 is 0 Å². The van der Waals surface area contributed by atoms with Gasteiger partial charge in [-0.2, -0.15) is 0 Å². The monoisotopic (exact) mass is 551 g/mol. The zero-order chi connectivity index (χ0) is 28.9. The van der Waals surface area contributed by atoms with Crippen LogP contribution < -0.4 is 0 Å². The van der Waals surface area contributed by atoms with Gasteiger partial charge in [0.1, 0.15) is 0 Å². The Labute approximate surface area is 249 Å². The van der Waals surface area contributed by atoms with E-state index in [9.17, 15) is 0 Å². The Bertz CT molecular complexity index is 423. The largest absolute Gasteiger partial charge is 0.370 e. The van der Waals surface area contributed by atoms with E-state index in [4.69, 9.17) is 4.74 Å². The molecule has 0 saturated heterocycles. The average molecular weight is 551 g/mol. The molecule has 0 radical (unpaired) electrons. The second-order valence-corrected chi connectivity index (χ2v) is 14.3. The molecule has 0 saturated carbocycles. The van der Waals surface area contributed by atoms with Gasteiger partial charge in [-0.3, -0.25) is 0 Å². The van der Waals surface area contributed by atoms with Crippen LogP contribution in [-0.2, 0) is 4.74 Å². The van der Waals surface area contributed by atoms with E-state index in [2.05, 4.69) is 41.5 Å². The maximum absolute atomic E-state index is 6.65. The number of rotatable bonds is 32. The molecule has 0 rings (SSSR count). The van der Waals surface area contributed by atoms with Gasteiger partial charge in [-0.15, -0.1) is 0 Å². The highest BCUT2D eigenvalue weighted by atomic mass is 16.5. The van der Waals surface area contributed by atoms with Gasteiger partial charge in [0.05, 0.1) is 11.2 Å². The first kappa shape index (κ1) is 39.0. The maximum Gasteiger partial charge on any atom is 0.0633 e. The van der Waals surface area contributed by atoms with Crippen molar-refractivity contribution in [2.45, 2.75) is 245 Å². The SMILES string of the molecule is CCCCCCCCCCCCCCCCC(C)(C)OC(C)(C)CCCCCCCCCCCCCCCC. The number of hydrogen-bond donors (Lipinski definition) is 0. The molecule has 39 heavy (non-hydrogen) atoms. The van der Waals surface area contributed by atoms with E-state index in [0.717, 1.165) is 0 Å². The van der Waals surface area contributed by atoms with Crippen LogP contribution in [0.15, 0.2) is 0 Å². The molecule has 0 aromatic rings. The topological polar surface area (TPSA) is 9.23 Å².